The second kappa shape index (κ2) is 4.24. The molecule has 0 atom stereocenters. The molecule has 15 heavy (non-hydrogen) atoms. The van der Waals surface area contributed by atoms with Gasteiger partial charge in [-0.3, -0.25) is 10.1 Å². The van der Waals surface area contributed by atoms with E-state index in [1.54, 1.807) is 6.92 Å². The van der Waals surface area contributed by atoms with Crippen molar-refractivity contribution in [2.45, 2.75) is 6.92 Å². The number of hydrogen-bond donors (Lipinski definition) is 1. The van der Waals surface area contributed by atoms with E-state index in [1.807, 2.05) is 5.92 Å². The average Bonchev–Trinajstić information content (AvgIpc) is 2.14. The Labute approximate surface area is 85.5 Å². The molecular weight excluding hydrogens is 198 g/mol. The van der Waals surface area contributed by atoms with Crippen LogP contribution in [-0.2, 0) is 4.79 Å². The maximum Gasteiger partial charge on any atom is 0.382 e. The van der Waals surface area contributed by atoms with Gasteiger partial charge in [0.25, 0.3) is 5.69 Å². The monoisotopic (exact) mass is 205 g/mol. The van der Waals surface area contributed by atoms with Gasteiger partial charge in [-0.1, -0.05) is 5.92 Å². The Bertz CT molecular complexity index is 482. The number of carbonyl (C=O) groups is 1. The summed E-state index contributed by atoms with van der Waals surface area (Å²) in [6, 6.07) is 4.20. The maximum absolute atomic E-state index is 10.5. The lowest BCUT2D eigenvalue weighted by Crippen LogP contribution is -1.92. The number of nitrogens with zero attached hydrogens (tertiary/aromatic N) is 1. The third kappa shape index (κ3) is 2.81. The van der Waals surface area contributed by atoms with Crippen LogP contribution in [0.2, 0.25) is 0 Å². The molecule has 0 aliphatic rings. The lowest BCUT2D eigenvalue weighted by atomic mass is 10.1. The summed E-state index contributed by atoms with van der Waals surface area (Å²) in [4.78, 5) is 20.1. The first-order valence-electron chi connectivity index (χ1n) is 4.00. The minimum Gasteiger partial charge on any atom is -0.472 e. The van der Waals surface area contributed by atoms with Crippen LogP contribution in [0.4, 0.5) is 5.69 Å². The van der Waals surface area contributed by atoms with E-state index < -0.39 is 10.9 Å². The van der Waals surface area contributed by atoms with Gasteiger partial charge in [-0.25, -0.2) is 4.79 Å². The fourth-order valence-corrected chi connectivity index (χ4v) is 1.06. The lowest BCUT2D eigenvalue weighted by Gasteiger charge is -1.96. The van der Waals surface area contributed by atoms with Crippen molar-refractivity contribution >= 4 is 11.7 Å². The van der Waals surface area contributed by atoms with Crippen LogP contribution < -0.4 is 0 Å². The van der Waals surface area contributed by atoms with Gasteiger partial charge in [0, 0.05) is 23.1 Å². The molecule has 0 radical (unpaired) electrons. The predicted molar refractivity (Wildman–Crippen MR) is 52.3 cm³/mol. The molecule has 0 amide bonds. The molecule has 1 rings (SSSR count). The molecular formula is C10H7NO4. The van der Waals surface area contributed by atoms with E-state index in [2.05, 4.69) is 5.92 Å². The zero-order chi connectivity index (χ0) is 11.4. The van der Waals surface area contributed by atoms with Crippen molar-refractivity contribution in [3.8, 4) is 11.8 Å². The third-order valence-corrected chi connectivity index (χ3v) is 1.71. The van der Waals surface area contributed by atoms with Gasteiger partial charge >= 0.3 is 5.97 Å². The summed E-state index contributed by atoms with van der Waals surface area (Å²) in [5, 5.41) is 18.8. The van der Waals surface area contributed by atoms with Crippen LogP contribution in [0.15, 0.2) is 18.2 Å². The van der Waals surface area contributed by atoms with Crippen LogP contribution in [0, 0.1) is 28.9 Å². The summed E-state index contributed by atoms with van der Waals surface area (Å²) in [5.41, 5.74) is 0.897. The van der Waals surface area contributed by atoms with Crippen molar-refractivity contribution in [2.75, 3.05) is 0 Å². The number of aryl methyl sites for hydroxylation is 1. The van der Waals surface area contributed by atoms with Crippen LogP contribution in [0.3, 0.4) is 0 Å². The SMILES string of the molecule is Cc1cc(C#CC(=O)O)ccc1[N+](=O)[O-]. The van der Waals surface area contributed by atoms with Gasteiger partial charge in [-0.2, -0.15) is 0 Å². The minimum atomic E-state index is -1.23. The highest BCUT2D eigenvalue weighted by Crippen LogP contribution is 2.17. The largest absolute Gasteiger partial charge is 0.472 e. The molecule has 1 aromatic carbocycles. The Hall–Kier alpha value is -2.35. The number of rotatable bonds is 1. The zero-order valence-corrected chi connectivity index (χ0v) is 7.85. The number of carboxylic acid groups (broad SMARTS) is 1. The third-order valence-electron chi connectivity index (χ3n) is 1.71. The molecule has 1 N–H and O–H groups in total. The Morgan fingerprint density at radius 2 is 2.20 bits per heavy atom. The van der Waals surface area contributed by atoms with E-state index in [0.717, 1.165) is 0 Å². The second-order valence-corrected chi connectivity index (χ2v) is 2.81. The Morgan fingerprint density at radius 1 is 1.53 bits per heavy atom. The molecule has 76 valence electrons. The number of nitro benzene ring substituents is 1. The predicted octanol–water partition coefficient (Wildman–Crippen LogP) is 1.34. The highest BCUT2D eigenvalue weighted by Gasteiger charge is 2.08. The first-order valence-corrected chi connectivity index (χ1v) is 4.00. The summed E-state index contributed by atoms with van der Waals surface area (Å²) < 4.78 is 0. The van der Waals surface area contributed by atoms with Gasteiger partial charge in [0.05, 0.1) is 4.92 Å². The molecule has 5 nitrogen and oxygen atoms in total. The first kappa shape index (κ1) is 10.7. The van der Waals surface area contributed by atoms with Gasteiger partial charge in [0.1, 0.15) is 0 Å². The molecule has 0 aromatic heterocycles. The van der Waals surface area contributed by atoms with Crippen LogP contribution in [0.5, 0.6) is 0 Å². The normalized spacial score (nSPS) is 8.87. The summed E-state index contributed by atoms with van der Waals surface area (Å²) in [6.07, 6.45) is 0. The molecule has 0 spiro atoms. The molecule has 5 heteroatoms. The second-order valence-electron chi connectivity index (χ2n) is 2.81. The molecule has 0 fully saturated rings. The fraction of sp³-hybridized carbons (Fsp3) is 0.100. The molecule has 0 saturated carbocycles. The van der Waals surface area contributed by atoms with Crippen molar-refractivity contribution in [1.82, 2.24) is 0 Å². The Balaban J connectivity index is 3.09. The highest BCUT2D eigenvalue weighted by molar-refractivity contribution is 5.87. The molecule has 1 aromatic rings. The van der Waals surface area contributed by atoms with E-state index in [9.17, 15) is 14.9 Å². The molecule has 0 heterocycles. The lowest BCUT2D eigenvalue weighted by molar-refractivity contribution is -0.385. The van der Waals surface area contributed by atoms with Crippen molar-refractivity contribution in [3.63, 3.8) is 0 Å². The van der Waals surface area contributed by atoms with Crippen LogP contribution in [-0.4, -0.2) is 16.0 Å². The van der Waals surface area contributed by atoms with E-state index in [-0.39, 0.29) is 5.69 Å². The first-order chi connectivity index (χ1) is 7.00. The number of nitro groups is 1. The number of hydrogen-bond acceptors (Lipinski definition) is 3. The van der Waals surface area contributed by atoms with Crippen molar-refractivity contribution in [3.05, 3.63) is 39.4 Å². The van der Waals surface area contributed by atoms with Gasteiger partial charge in [-0.15, -0.1) is 0 Å². The topological polar surface area (TPSA) is 80.4 Å². The average molecular weight is 205 g/mol. The van der Waals surface area contributed by atoms with Crippen LogP contribution in [0.1, 0.15) is 11.1 Å². The summed E-state index contributed by atoms with van der Waals surface area (Å²) in [7, 11) is 0. The van der Waals surface area contributed by atoms with Gasteiger partial charge in [-0.05, 0) is 19.1 Å². The number of carboxylic acids is 1. The van der Waals surface area contributed by atoms with Gasteiger partial charge in [0.15, 0.2) is 0 Å². The Morgan fingerprint density at radius 3 is 2.67 bits per heavy atom. The standard InChI is InChI=1S/C10H7NO4/c1-7-6-8(3-5-10(12)13)2-4-9(7)11(14)15/h2,4,6H,1H3,(H,12,13). The molecule has 0 aliphatic carbocycles. The minimum absolute atomic E-state index is 0.00382. The van der Waals surface area contributed by atoms with Crippen LogP contribution in [0.25, 0.3) is 0 Å². The highest BCUT2D eigenvalue weighted by atomic mass is 16.6. The van der Waals surface area contributed by atoms with E-state index >= 15 is 0 Å². The van der Waals surface area contributed by atoms with Crippen molar-refractivity contribution < 1.29 is 14.8 Å². The summed E-state index contributed by atoms with van der Waals surface area (Å²) >= 11 is 0. The van der Waals surface area contributed by atoms with Gasteiger partial charge in [0.2, 0.25) is 0 Å². The molecule has 0 unspecified atom stereocenters. The maximum atomic E-state index is 10.5. The molecule has 0 bridgehead atoms. The van der Waals surface area contributed by atoms with Gasteiger partial charge < -0.3 is 5.11 Å². The smallest absolute Gasteiger partial charge is 0.382 e. The van der Waals surface area contributed by atoms with Crippen molar-refractivity contribution in [2.24, 2.45) is 0 Å². The molecule has 0 saturated heterocycles. The van der Waals surface area contributed by atoms with E-state index in [4.69, 9.17) is 5.11 Å². The van der Waals surface area contributed by atoms with E-state index in [1.165, 1.54) is 18.2 Å². The number of aliphatic carboxylic acids is 1. The quantitative estimate of drug-likeness (QED) is 0.426. The Kier molecular flexibility index (Phi) is 3.03. The van der Waals surface area contributed by atoms with E-state index in [0.29, 0.717) is 11.1 Å². The fourth-order valence-electron chi connectivity index (χ4n) is 1.06. The van der Waals surface area contributed by atoms with Crippen LogP contribution >= 0.6 is 0 Å². The van der Waals surface area contributed by atoms with Crippen molar-refractivity contribution in [1.29, 1.82) is 0 Å². The summed E-state index contributed by atoms with van der Waals surface area (Å²) in [5.74, 6) is 3.08. The zero-order valence-electron chi connectivity index (χ0n) is 7.85. The molecule has 0 aliphatic heterocycles. The summed E-state index contributed by atoms with van der Waals surface area (Å²) in [6.45, 7) is 1.57. The number of benzene rings is 1.